The highest BCUT2D eigenvalue weighted by molar-refractivity contribution is 6.07. The van der Waals surface area contributed by atoms with Gasteiger partial charge in [0.25, 0.3) is 5.89 Å². The van der Waals surface area contributed by atoms with Crippen LogP contribution in [0.3, 0.4) is 0 Å². The summed E-state index contributed by atoms with van der Waals surface area (Å²) in [5, 5.41) is 4.06. The SMILES string of the molecule is CN1C(=O)C2(CCN(Cc3noc(-c4ccco4)n3)CC2)c2ccccc21. The van der Waals surface area contributed by atoms with Crippen LogP contribution in [0.2, 0.25) is 0 Å². The maximum Gasteiger partial charge on any atom is 0.293 e. The molecule has 3 aromatic rings. The van der Waals surface area contributed by atoms with E-state index in [0.717, 1.165) is 37.2 Å². The fraction of sp³-hybridized carbons (Fsp3) is 0.350. The van der Waals surface area contributed by atoms with E-state index in [-0.39, 0.29) is 5.91 Å². The molecular formula is C20H20N4O3. The quantitative estimate of drug-likeness (QED) is 0.711. The molecule has 7 heteroatoms. The van der Waals surface area contributed by atoms with Crippen molar-refractivity contribution < 1.29 is 13.7 Å². The fourth-order valence-electron chi connectivity index (χ4n) is 4.31. The van der Waals surface area contributed by atoms with E-state index in [1.165, 1.54) is 0 Å². The number of anilines is 1. The van der Waals surface area contributed by atoms with E-state index in [1.54, 1.807) is 23.3 Å². The highest BCUT2D eigenvalue weighted by atomic mass is 16.5. The van der Waals surface area contributed by atoms with Crippen LogP contribution in [0.4, 0.5) is 5.69 Å². The van der Waals surface area contributed by atoms with Crippen molar-refractivity contribution in [1.29, 1.82) is 0 Å². The standard InChI is InChI=1S/C20H20N4O3/c1-23-15-6-3-2-5-14(15)20(19(23)25)8-10-24(11-9-20)13-17-21-18(27-22-17)16-7-4-12-26-16/h2-7,12H,8-11,13H2,1H3. The van der Waals surface area contributed by atoms with E-state index < -0.39 is 5.41 Å². The lowest BCUT2D eigenvalue weighted by atomic mass is 9.73. The summed E-state index contributed by atoms with van der Waals surface area (Å²) < 4.78 is 10.6. The van der Waals surface area contributed by atoms with Gasteiger partial charge >= 0.3 is 0 Å². The van der Waals surface area contributed by atoms with Gasteiger partial charge < -0.3 is 13.8 Å². The van der Waals surface area contributed by atoms with Gasteiger partial charge in [0.2, 0.25) is 5.91 Å². The first kappa shape index (κ1) is 16.3. The number of piperidine rings is 1. The molecule has 1 aromatic carbocycles. The molecule has 0 aliphatic carbocycles. The van der Waals surface area contributed by atoms with Gasteiger partial charge in [0.05, 0.1) is 18.2 Å². The average molecular weight is 364 g/mol. The number of furan rings is 1. The predicted octanol–water partition coefficient (Wildman–Crippen LogP) is 2.84. The monoisotopic (exact) mass is 364 g/mol. The number of hydrogen-bond donors (Lipinski definition) is 0. The number of carbonyl (C=O) groups excluding carboxylic acids is 1. The zero-order chi connectivity index (χ0) is 18.4. The van der Waals surface area contributed by atoms with Crippen molar-refractivity contribution in [1.82, 2.24) is 15.0 Å². The van der Waals surface area contributed by atoms with Gasteiger partial charge in [0, 0.05) is 12.7 Å². The zero-order valence-corrected chi connectivity index (χ0v) is 15.1. The molecule has 0 bridgehead atoms. The molecule has 138 valence electrons. The number of fused-ring (bicyclic) bond motifs is 2. The molecule has 0 atom stereocenters. The Hall–Kier alpha value is -2.93. The number of likely N-dealkylation sites (N-methyl/N-ethyl adjacent to an activating group) is 1. The summed E-state index contributed by atoms with van der Waals surface area (Å²) in [6.07, 6.45) is 3.18. The van der Waals surface area contributed by atoms with Gasteiger partial charge in [0.15, 0.2) is 11.6 Å². The van der Waals surface area contributed by atoms with Crippen molar-refractivity contribution in [2.24, 2.45) is 0 Å². The Morgan fingerprint density at radius 3 is 2.74 bits per heavy atom. The summed E-state index contributed by atoms with van der Waals surface area (Å²) >= 11 is 0. The van der Waals surface area contributed by atoms with E-state index >= 15 is 0 Å². The molecule has 4 heterocycles. The molecule has 1 saturated heterocycles. The number of hydrogen-bond acceptors (Lipinski definition) is 6. The second kappa shape index (κ2) is 6.06. The molecule has 1 spiro atoms. The van der Waals surface area contributed by atoms with Gasteiger partial charge in [-0.25, -0.2) is 0 Å². The van der Waals surface area contributed by atoms with Crippen molar-refractivity contribution in [3.05, 3.63) is 54.0 Å². The molecule has 5 rings (SSSR count). The van der Waals surface area contributed by atoms with E-state index in [9.17, 15) is 4.79 Å². The molecule has 0 unspecified atom stereocenters. The molecule has 27 heavy (non-hydrogen) atoms. The Morgan fingerprint density at radius 2 is 1.96 bits per heavy atom. The zero-order valence-electron chi connectivity index (χ0n) is 15.1. The normalized spacial score (nSPS) is 19.0. The minimum Gasteiger partial charge on any atom is -0.459 e. The number of aromatic nitrogens is 2. The molecule has 0 N–H and O–H groups in total. The van der Waals surface area contributed by atoms with Crippen molar-refractivity contribution in [2.45, 2.75) is 24.8 Å². The lowest BCUT2D eigenvalue weighted by Crippen LogP contribution is -2.47. The van der Waals surface area contributed by atoms with Crippen molar-refractivity contribution in [2.75, 3.05) is 25.0 Å². The Bertz CT molecular complexity index is 971. The molecule has 1 amide bonds. The second-order valence-electron chi connectivity index (χ2n) is 7.23. The summed E-state index contributed by atoms with van der Waals surface area (Å²) in [5.41, 5.74) is 1.81. The summed E-state index contributed by atoms with van der Waals surface area (Å²) in [5.74, 6) is 1.81. The highest BCUT2D eigenvalue weighted by Gasteiger charge is 2.50. The third-order valence-corrected chi connectivity index (χ3v) is 5.77. The minimum atomic E-state index is -0.390. The number of benzene rings is 1. The largest absolute Gasteiger partial charge is 0.459 e. The van der Waals surface area contributed by atoms with Crippen molar-refractivity contribution in [3.63, 3.8) is 0 Å². The number of rotatable bonds is 3. The van der Waals surface area contributed by atoms with Crippen molar-refractivity contribution >= 4 is 11.6 Å². The van der Waals surface area contributed by atoms with Crippen LogP contribution in [0.5, 0.6) is 0 Å². The Kier molecular flexibility index (Phi) is 3.65. The maximum absolute atomic E-state index is 13.0. The Morgan fingerprint density at radius 1 is 1.15 bits per heavy atom. The summed E-state index contributed by atoms with van der Waals surface area (Å²) in [6, 6.07) is 11.7. The molecule has 7 nitrogen and oxygen atoms in total. The van der Waals surface area contributed by atoms with Crippen LogP contribution in [0.25, 0.3) is 11.7 Å². The molecule has 0 radical (unpaired) electrons. The average Bonchev–Trinajstić information content (AvgIpc) is 3.42. The molecule has 2 aliphatic heterocycles. The van der Waals surface area contributed by atoms with Crippen LogP contribution < -0.4 is 4.90 Å². The number of carbonyl (C=O) groups is 1. The van der Waals surface area contributed by atoms with Gasteiger partial charge in [-0.15, -0.1) is 0 Å². The van der Waals surface area contributed by atoms with E-state index in [0.29, 0.717) is 24.0 Å². The van der Waals surface area contributed by atoms with E-state index in [4.69, 9.17) is 8.94 Å². The molecule has 1 fully saturated rings. The summed E-state index contributed by atoms with van der Waals surface area (Å²) in [4.78, 5) is 21.5. The third-order valence-electron chi connectivity index (χ3n) is 5.77. The van der Waals surface area contributed by atoms with Crippen LogP contribution >= 0.6 is 0 Å². The number of para-hydroxylation sites is 1. The summed E-state index contributed by atoms with van der Waals surface area (Å²) in [6.45, 7) is 2.24. The third kappa shape index (κ3) is 2.49. The van der Waals surface area contributed by atoms with Crippen LogP contribution in [0.15, 0.2) is 51.6 Å². The number of nitrogens with zero attached hydrogens (tertiary/aromatic N) is 4. The second-order valence-corrected chi connectivity index (χ2v) is 7.23. The highest BCUT2D eigenvalue weighted by Crippen LogP contribution is 2.47. The predicted molar refractivity (Wildman–Crippen MR) is 98.0 cm³/mol. The van der Waals surface area contributed by atoms with E-state index in [1.807, 2.05) is 25.2 Å². The maximum atomic E-state index is 13.0. The van der Waals surface area contributed by atoms with Crippen LogP contribution in [-0.2, 0) is 16.8 Å². The van der Waals surface area contributed by atoms with Gasteiger partial charge in [-0.1, -0.05) is 23.4 Å². The molecule has 2 aromatic heterocycles. The number of amides is 1. The van der Waals surface area contributed by atoms with Crippen molar-refractivity contribution in [3.8, 4) is 11.7 Å². The fourth-order valence-corrected chi connectivity index (χ4v) is 4.31. The van der Waals surface area contributed by atoms with Crippen LogP contribution in [0, 0.1) is 0 Å². The molecular weight excluding hydrogens is 344 g/mol. The lowest BCUT2D eigenvalue weighted by molar-refractivity contribution is -0.124. The Labute approximate surface area is 156 Å². The van der Waals surface area contributed by atoms with E-state index in [2.05, 4.69) is 21.1 Å². The number of likely N-dealkylation sites (tertiary alicyclic amines) is 1. The summed E-state index contributed by atoms with van der Waals surface area (Å²) in [7, 11) is 1.87. The smallest absolute Gasteiger partial charge is 0.293 e. The Balaban J connectivity index is 1.30. The minimum absolute atomic E-state index is 0.211. The first-order valence-electron chi connectivity index (χ1n) is 9.14. The van der Waals surface area contributed by atoms with Crippen LogP contribution in [0.1, 0.15) is 24.2 Å². The molecule has 2 aliphatic rings. The lowest BCUT2D eigenvalue weighted by Gasteiger charge is -2.37. The first-order chi connectivity index (χ1) is 13.2. The topological polar surface area (TPSA) is 75.6 Å². The molecule has 0 saturated carbocycles. The van der Waals surface area contributed by atoms with Gasteiger partial charge in [-0.2, -0.15) is 4.98 Å². The van der Waals surface area contributed by atoms with Gasteiger partial charge in [0.1, 0.15) is 0 Å². The van der Waals surface area contributed by atoms with Gasteiger partial charge in [-0.05, 0) is 49.7 Å². The first-order valence-corrected chi connectivity index (χ1v) is 9.14. The van der Waals surface area contributed by atoms with Gasteiger partial charge in [-0.3, -0.25) is 9.69 Å². The van der Waals surface area contributed by atoms with Crippen LogP contribution in [-0.4, -0.2) is 41.1 Å².